The van der Waals surface area contributed by atoms with Crippen molar-refractivity contribution in [3.63, 3.8) is 0 Å². The third kappa shape index (κ3) is 3.47. The number of nitrogens with one attached hydrogen (secondary N) is 1. The quantitative estimate of drug-likeness (QED) is 0.853. The summed E-state index contributed by atoms with van der Waals surface area (Å²) in [5.41, 5.74) is 0.416. The highest BCUT2D eigenvalue weighted by atomic mass is 32.2. The molecule has 0 unspecified atom stereocenters. The number of benzene rings is 1. The van der Waals surface area contributed by atoms with Crippen LogP contribution >= 0.6 is 23.1 Å². The van der Waals surface area contributed by atoms with Gasteiger partial charge >= 0.3 is 0 Å². The molecular formula is C13H14FN3OS2. The second-order valence-electron chi connectivity index (χ2n) is 4.42. The number of thioether (sulfide) groups is 1. The highest BCUT2D eigenvalue weighted by molar-refractivity contribution is 8.01. The maximum Gasteiger partial charge on any atom is 0.210 e. The van der Waals surface area contributed by atoms with Crippen molar-refractivity contribution in [2.45, 2.75) is 23.3 Å². The summed E-state index contributed by atoms with van der Waals surface area (Å²) < 4.78 is 19.9. The van der Waals surface area contributed by atoms with Crippen molar-refractivity contribution in [2.24, 2.45) is 0 Å². The molecular weight excluding hydrogens is 297 g/mol. The molecule has 4 nitrogen and oxygen atoms in total. The molecule has 1 fully saturated rings. The van der Waals surface area contributed by atoms with Gasteiger partial charge < -0.3 is 10.1 Å². The van der Waals surface area contributed by atoms with Gasteiger partial charge in [-0.05, 0) is 25.0 Å². The van der Waals surface area contributed by atoms with Crippen LogP contribution < -0.4 is 5.32 Å². The van der Waals surface area contributed by atoms with Gasteiger partial charge in [0.05, 0.1) is 11.8 Å². The predicted molar refractivity (Wildman–Crippen MR) is 79.3 cm³/mol. The lowest BCUT2D eigenvalue weighted by atomic mass is 10.3. The molecule has 0 amide bonds. The Balaban J connectivity index is 1.57. The number of aromatic nitrogens is 2. The first-order valence-electron chi connectivity index (χ1n) is 6.41. The third-order valence-electron chi connectivity index (χ3n) is 2.94. The van der Waals surface area contributed by atoms with Crippen molar-refractivity contribution in [1.29, 1.82) is 0 Å². The second-order valence-corrected chi connectivity index (χ2v) is 6.67. The fourth-order valence-electron chi connectivity index (χ4n) is 1.94. The van der Waals surface area contributed by atoms with E-state index in [1.807, 2.05) is 0 Å². The van der Waals surface area contributed by atoms with Gasteiger partial charge in [0.1, 0.15) is 5.82 Å². The molecule has 2 heterocycles. The number of para-hydroxylation sites is 1. The molecule has 3 rings (SSSR count). The third-order valence-corrected chi connectivity index (χ3v) is 5.04. The van der Waals surface area contributed by atoms with E-state index in [0.717, 1.165) is 29.5 Å². The van der Waals surface area contributed by atoms with Crippen LogP contribution in [0.3, 0.4) is 0 Å². The molecule has 1 aromatic carbocycles. The summed E-state index contributed by atoms with van der Waals surface area (Å²) >= 11 is 3.07. The first-order chi connectivity index (χ1) is 9.81. The maximum absolute atomic E-state index is 13.5. The molecule has 0 spiro atoms. The molecule has 7 heteroatoms. The van der Waals surface area contributed by atoms with Gasteiger partial charge in [0.25, 0.3) is 0 Å². The lowest BCUT2D eigenvalue weighted by molar-refractivity contribution is 0.129. The number of ether oxygens (including phenoxy) is 1. The number of anilines is 2. The predicted octanol–water partition coefficient (Wildman–Crippen LogP) is 3.69. The zero-order valence-corrected chi connectivity index (χ0v) is 12.3. The van der Waals surface area contributed by atoms with Crippen LogP contribution in [0.15, 0.2) is 28.6 Å². The van der Waals surface area contributed by atoms with Crippen molar-refractivity contribution < 1.29 is 9.13 Å². The summed E-state index contributed by atoms with van der Waals surface area (Å²) in [6, 6.07) is 6.52. The Kier molecular flexibility index (Phi) is 4.49. The summed E-state index contributed by atoms with van der Waals surface area (Å²) in [5.74, 6) is 0.602. The van der Waals surface area contributed by atoms with E-state index in [1.54, 1.807) is 30.0 Å². The Morgan fingerprint density at radius 1 is 1.40 bits per heavy atom. The Morgan fingerprint density at radius 2 is 2.30 bits per heavy atom. The molecule has 20 heavy (non-hydrogen) atoms. The van der Waals surface area contributed by atoms with Crippen LogP contribution in [0.4, 0.5) is 15.2 Å². The first-order valence-corrected chi connectivity index (χ1v) is 8.21. The van der Waals surface area contributed by atoms with E-state index in [4.69, 9.17) is 4.74 Å². The van der Waals surface area contributed by atoms with Gasteiger partial charge in [-0.2, -0.15) is 0 Å². The highest BCUT2D eigenvalue weighted by Gasteiger charge is 2.17. The maximum atomic E-state index is 13.5. The summed E-state index contributed by atoms with van der Waals surface area (Å²) in [6.45, 7) is 0.863. The van der Waals surface area contributed by atoms with Crippen LogP contribution in [-0.2, 0) is 4.74 Å². The minimum atomic E-state index is -0.295. The van der Waals surface area contributed by atoms with Crippen LogP contribution in [-0.4, -0.2) is 28.7 Å². The normalized spacial score (nSPS) is 18.4. The van der Waals surface area contributed by atoms with Crippen LogP contribution in [0.25, 0.3) is 0 Å². The molecule has 2 aromatic rings. The average molecular weight is 311 g/mol. The van der Waals surface area contributed by atoms with Gasteiger partial charge in [0.15, 0.2) is 4.34 Å². The van der Waals surface area contributed by atoms with Gasteiger partial charge in [0, 0.05) is 12.4 Å². The number of halogens is 1. The first kappa shape index (κ1) is 13.8. The van der Waals surface area contributed by atoms with Crippen molar-refractivity contribution >= 4 is 33.9 Å². The molecule has 1 aromatic heterocycles. The van der Waals surface area contributed by atoms with Crippen LogP contribution in [0.2, 0.25) is 0 Å². The molecule has 1 N–H and O–H groups in total. The fourth-order valence-corrected chi connectivity index (χ4v) is 3.79. The minimum Gasteiger partial charge on any atom is -0.377 e. The van der Waals surface area contributed by atoms with E-state index < -0.39 is 0 Å². The number of hydrogen-bond acceptors (Lipinski definition) is 6. The highest BCUT2D eigenvalue weighted by Crippen LogP contribution is 2.30. The van der Waals surface area contributed by atoms with Crippen molar-refractivity contribution in [2.75, 3.05) is 17.7 Å². The lowest BCUT2D eigenvalue weighted by Gasteiger charge is -2.05. The van der Waals surface area contributed by atoms with Gasteiger partial charge in [-0.15, -0.1) is 10.2 Å². The van der Waals surface area contributed by atoms with E-state index in [9.17, 15) is 4.39 Å². The molecule has 0 bridgehead atoms. The van der Waals surface area contributed by atoms with E-state index in [1.165, 1.54) is 17.4 Å². The van der Waals surface area contributed by atoms with E-state index in [-0.39, 0.29) is 5.82 Å². The molecule has 106 valence electrons. The van der Waals surface area contributed by atoms with Gasteiger partial charge in [-0.1, -0.05) is 35.2 Å². The van der Waals surface area contributed by atoms with E-state index in [0.29, 0.717) is 16.9 Å². The molecule has 0 radical (unpaired) electrons. The molecule has 1 aliphatic rings. The number of hydrogen-bond donors (Lipinski definition) is 1. The van der Waals surface area contributed by atoms with Crippen molar-refractivity contribution in [3.05, 3.63) is 30.1 Å². The molecule has 1 aliphatic heterocycles. The molecule has 0 aliphatic carbocycles. The summed E-state index contributed by atoms with van der Waals surface area (Å²) in [5, 5.41) is 11.7. The Bertz CT molecular complexity index is 572. The van der Waals surface area contributed by atoms with Crippen molar-refractivity contribution in [3.8, 4) is 0 Å². The van der Waals surface area contributed by atoms with E-state index >= 15 is 0 Å². The van der Waals surface area contributed by atoms with Gasteiger partial charge in [0.2, 0.25) is 5.13 Å². The van der Waals surface area contributed by atoms with Gasteiger partial charge in [-0.25, -0.2) is 4.39 Å². The SMILES string of the molecule is Fc1ccccc1Nc1nnc(SC[C@@H]2CCCO2)s1. The van der Waals surface area contributed by atoms with Crippen LogP contribution in [0.5, 0.6) is 0 Å². The van der Waals surface area contributed by atoms with Gasteiger partial charge in [-0.3, -0.25) is 0 Å². The van der Waals surface area contributed by atoms with E-state index in [2.05, 4.69) is 15.5 Å². The fraction of sp³-hybridized carbons (Fsp3) is 0.385. The number of rotatable bonds is 5. The Labute approximate surface area is 124 Å². The summed E-state index contributed by atoms with van der Waals surface area (Å²) in [7, 11) is 0. The standard InChI is InChI=1S/C13H14FN3OS2/c14-10-5-1-2-6-11(10)15-12-16-17-13(20-12)19-8-9-4-3-7-18-9/h1-2,5-6,9H,3-4,7-8H2,(H,15,16)/t9-/m0/s1. The van der Waals surface area contributed by atoms with Crippen molar-refractivity contribution in [1.82, 2.24) is 10.2 Å². The summed E-state index contributed by atoms with van der Waals surface area (Å²) in [4.78, 5) is 0. The second kappa shape index (κ2) is 6.51. The topological polar surface area (TPSA) is 47.0 Å². The molecule has 1 atom stereocenters. The average Bonchev–Trinajstić information content (AvgIpc) is 3.10. The minimum absolute atomic E-state index is 0.295. The summed E-state index contributed by atoms with van der Waals surface area (Å²) in [6.07, 6.45) is 2.58. The number of nitrogens with zero attached hydrogens (tertiary/aromatic N) is 2. The monoisotopic (exact) mass is 311 g/mol. The Hall–Kier alpha value is -1.18. The zero-order valence-electron chi connectivity index (χ0n) is 10.7. The Morgan fingerprint density at radius 3 is 3.10 bits per heavy atom. The zero-order chi connectivity index (χ0) is 13.8. The smallest absolute Gasteiger partial charge is 0.210 e. The molecule has 0 saturated carbocycles. The molecule has 1 saturated heterocycles. The lowest BCUT2D eigenvalue weighted by Crippen LogP contribution is -2.07. The van der Waals surface area contributed by atoms with Crippen LogP contribution in [0.1, 0.15) is 12.8 Å². The van der Waals surface area contributed by atoms with Crippen LogP contribution in [0, 0.1) is 5.82 Å². The largest absolute Gasteiger partial charge is 0.377 e.